The molecule has 0 radical (unpaired) electrons. The molecular weight excluding hydrogens is 599 g/mol. The second-order valence-corrected chi connectivity index (χ2v) is 12.1. The number of hydrogen-bond acceptors (Lipinski definition) is 12. The lowest BCUT2D eigenvalue weighted by atomic mass is 10.0. The number of aromatic nitrogens is 2. The summed E-state index contributed by atoms with van der Waals surface area (Å²) in [7, 11) is 1.28. The maximum Gasteiger partial charge on any atom is 0.276 e. The lowest BCUT2D eigenvalue weighted by Gasteiger charge is -2.50. The Morgan fingerprint density at radius 2 is 2.02 bits per heavy atom. The van der Waals surface area contributed by atoms with Crippen LogP contribution in [0.3, 0.4) is 0 Å². The summed E-state index contributed by atoms with van der Waals surface area (Å²) in [5, 5.41) is 26.3. The Balaban J connectivity index is 1.23. The summed E-state index contributed by atoms with van der Waals surface area (Å²) in [4.78, 5) is 49.5. The zero-order valence-electron chi connectivity index (χ0n) is 22.0. The molecule has 0 spiro atoms. The second kappa shape index (κ2) is 11.4. The first kappa shape index (κ1) is 27.7. The molecule has 6 rings (SSSR count). The van der Waals surface area contributed by atoms with Gasteiger partial charge in [0.05, 0.1) is 22.7 Å². The van der Waals surface area contributed by atoms with Crippen LogP contribution >= 0.6 is 34.4 Å². The van der Waals surface area contributed by atoms with Gasteiger partial charge in [-0.2, -0.15) is 4.57 Å². The molecule has 2 aliphatic heterocycles. The molecule has 2 aliphatic rings. The molecule has 214 valence electrons. The van der Waals surface area contributed by atoms with Gasteiger partial charge < -0.3 is 31.1 Å². The molecule has 5 heterocycles. The van der Waals surface area contributed by atoms with Crippen LogP contribution in [0.4, 0.5) is 16.5 Å². The molecule has 0 aliphatic carbocycles. The zero-order chi connectivity index (χ0) is 29.4. The number of aliphatic carboxylic acids is 1. The molecule has 42 heavy (non-hydrogen) atoms. The van der Waals surface area contributed by atoms with Crippen LogP contribution in [0.5, 0.6) is 0 Å². The summed E-state index contributed by atoms with van der Waals surface area (Å²) in [6, 6.07) is 12.8. The third kappa shape index (κ3) is 5.06. The highest BCUT2D eigenvalue weighted by atomic mass is 32.2. The molecule has 2 atom stereocenters. The van der Waals surface area contributed by atoms with Crippen LogP contribution in [0.15, 0.2) is 75.8 Å². The van der Waals surface area contributed by atoms with Crippen LogP contribution in [0.2, 0.25) is 0 Å². The van der Waals surface area contributed by atoms with Crippen molar-refractivity contribution in [2.45, 2.75) is 18.0 Å². The van der Waals surface area contributed by atoms with Crippen molar-refractivity contribution in [1.29, 1.82) is 0 Å². The minimum Gasteiger partial charge on any atom is -0.543 e. The molecular formula is C27H23N7O5S3. The molecule has 1 aromatic carbocycles. The number of pyridine rings is 1. The molecule has 0 saturated carbocycles. The van der Waals surface area contributed by atoms with Crippen molar-refractivity contribution in [2.75, 3.05) is 23.9 Å². The Labute approximate surface area is 251 Å². The first-order valence-electron chi connectivity index (χ1n) is 12.6. The zero-order valence-corrected chi connectivity index (χ0v) is 24.4. The van der Waals surface area contributed by atoms with Crippen LogP contribution in [-0.2, 0) is 25.8 Å². The fraction of sp³-hybridized carbons (Fsp3) is 0.185. The first-order valence-corrected chi connectivity index (χ1v) is 15.4. The fourth-order valence-electron chi connectivity index (χ4n) is 4.85. The van der Waals surface area contributed by atoms with E-state index >= 15 is 0 Å². The summed E-state index contributed by atoms with van der Waals surface area (Å²) in [5.41, 5.74) is 8.01. The summed E-state index contributed by atoms with van der Waals surface area (Å²) >= 11 is 4.03. The normalized spacial score (nSPS) is 18.5. The standard InChI is InChI=1S/C27H23N7O5S3/c1-39-32-19(18-13-42-27(28)30-18)22(35)31-20-23(36)34-21(26(37)38)14(11-40-25(20)34)10-33-9-5-8-16-17(12-41-24(16)33)29-15-6-3-2-4-7-15/h2-9,12-13,20,25,29H,10-11H2,1H3,(H3-,28,30,31,35,37,38)/b32-19-/t20?,25-/m1/s1. The maximum absolute atomic E-state index is 13.2. The number of oxime groups is 1. The summed E-state index contributed by atoms with van der Waals surface area (Å²) < 4.78 is 1.96. The quantitative estimate of drug-likeness (QED) is 0.108. The number of β-lactam (4-membered cyclic amide) rings is 1. The highest BCUT2D eigenvalue weighted by Gasteiger charge is 2.53. The Bertz CT molecular complexity index is 1770. The number of nitrogen functional groups attached to an aromatic ring is 1. The van der Waals surface area contributed by atoms with Crippen molar-refractivity contribution in [3.63, 3.8) is 0 Å². The molecule has 12 nitrogen and oxygen atoms in total. The maximum atomic E-state index is 13.2. The van der Waals surface area contributed by atoms with E-state index in [4.69, 9.17) is 10.6 Å². The van der Waals surface area contributed by atoms with Gasteiger partial charge in [-0.1, -0.05) is 34.7 Å². The van der Waals surface area contributed by atoms with Crippen molar-refractivity contribution in [3.05, 3.63) is 76.4 Å². The molecule has 15 heteroatoms. The number of thiazole rings is 1. The number of amides is 2. The monoisotopic (exact) mass is 621 g/mol. The summed E-state index contributed by atoms with van der Waals surface area (Å²) in [6.45, 7) is 0.252. The highest BCUT2D eigenvalue weighted by molar-refractivity contribution is 8.00. The van der Waals surface area contributed by atoms with Crippen LogP contribution in [-0.4, -0.2) is 57.7 Å². The van der Waals surface area contributed by atoms with Crippen molar-refractivity contribution in [2.24, 2.45) is 5.16 Å². The number of fused-ring (bicyclic) bond motifs is 2. The van der Waals surface area contributed by atoms with Gasteiger partial charge in [-0.05, 0) is 18.2 Å². The predicted molar refractivity (Wildman–Crippen MR) is 159 cm³/mol. The van der Waals surface area contributed by atoms with Crippen LogP contribution in [0, 0.1) is 0 Å². The van der Waals surface area contributed by atoms with Gasteiger partial charge in [0.2, 0.25) is 0 Å². The largest absolute Gasteiger partial charge is 0.543 e. The van der Waals surface area contributed by atoms with Gasteiger partial charge in [-0.3, -0.25) is 14.5 Å². The van der Waals surface area contributed by atoms with E-state index in [9.17, 15) is 19.5 Å². The van der Waals surface area contributed by atoms with E-state index in [1.54, 1.807) is 5.38 Å². The van der Waals surface area contributed by atoms with E-state index in [-0.39, 0.29) is 28.8 Å². The predicted octanol–water partition coefficient (Wildman–Crippen LogP) is 1.43. The average molecular weight is 622 g/mol. The topological polar surface area (TPSA) is 166 Å². The van der Waals surface area contributed by atoms with Crippen LogP contribution in [0.25, 0.3) is 10.2 Å². The smallest absolute Gasteiger partial charge is 0.276 e. The number of thiophene rings is 1. The van der Waals surface area contributed by atoms with Gasteiger partial charge in [0.1, 0.15) is 24.2 Å². The van der Waals surface area contributed by atoms with Crippen molar-refractivity contribution in [1.82, 2.24) is 15.2 Å². The molecule has 1 unspecified atom stereocenters. The van der Waals surface area contributed by atoms with Gasteiger partial charge in [0.25, 0.3) is 16.6 Å². The Kier molecular flexibility index (Phi) is 7.53. The summed E-state index contributed by atoms with van der Waals surface area (Å²) in [6.07, 6.45) is 1.88. The Hall–Kier alpha value is -4.47. The highest BCUT2D eigenvalue weighted by Crippen LogP contribution is 2.40. The molecule has 4 aromatic rings. The number of carbonyl (C=O) groups is 3. The van der Waals surface area contributed by atoms with Gasteiger partial charge in [0, 0.05) is 33.8 Å². The van der Waals surface area contributed by atoms with E-state index in [1.807, 2.05) is 58.6 Å². The van der Waals surface area contributed by atoms with E-state index in [0.717, 1.165) is 32.9 Å². The third-order valence-corrected chi connectivity index (χ3v) is 9.75. The number of nitrogens with one attached hydrogen (secondary N) is 2. The molecule has 2 amide bonds. The van der Waals surface area contributed by atoms with Crippen molar-refractivity contribution < 1.29 is 28.9 Å². The lowest BCUT2D eigenvalue weighted by Crippen LogP contribution is -2.71. The average Bonchev–Trinajstić information content (AvgIpc) is 3.61. The number of anilines is 3. The number of nitrogens with zero attached hydrogens (tertiary/aromatic N) is 4. The minimum absolute atomic E-state index is 0.143. The number of carbonyl (C=O) groups excluding carboxylic acids is 3. The fourth-order valence-corrected chi connectivity index (χ4v) is 7.71. The van der Waals surface area contributed by atoms with E-state index < -0.39 is 29.2 Å². The molecule has 4 N–H and O–H groups in total. The SMILES string of the molecule is CO/N=C(\C(=O)NC1C(=O)N2C(C(=O)[O-])=C(C[n+]3cccc4c(Nc5ccccc5)csc43)CS[C@H]12)c1csc(N)n1. The van der Waals surface area contributed by atoms with Crippen molar-refractivity contribution in [3.8, 4) is 0 Å². The van der Waals surface area contributed by atoms with Crippen LogP contribution in [0.1, 0.15) is 5.69 Å². The summed E-state index contributed by atoms with van der Waals surface area (Å²) in [5.74, 6) is -2.36. The van der Waals surface area contributed by atoms with E-state index in [1.165, 1.54) is 35.1 Å². The number of hydrogen-bond donors (Lipinski definition) is 3. The molecule has 1 fully saturated rings. The number of carboxylic acids is 1. The Morgan fingerprint density at radius 3 is 2.74 bits per heavy atom. The van der Waals surface area contributed by atoms with Gasteiger partial charge >= 0.3 is 0 Å². The number of rotatable bonds is 9. The second-order valence-electron chi connectivity index (χ2n) is 9.29. The lowest BCUT2D eigenvalue weighted by molar-refractivity contribution is -0.661. The van der Waals surface area contributed by atoms with Gasteiger partial charge in [-0.15, -0.1) is 23.1 Å². The van der Waals surface area contributed by atoms with E-state index in [2.05, 4.69) is 20.8 Å². The van der Waals surface area contributed by atoms with Crippen molar-refractivity contribution >= 4 is 84.7 Å². The third-order valence-electron chi connectivity index (χ3n) is 6.70. The molecule has 0 bridgehead atoms. The van der Waals surface area contributed by atoms with Gasteiger partial charge in [-0.25, -0.2) is 4.98 Å². The number of benzene rings is 1. The first-order chi connectivity index (χ1) is 20.4. The van der Waals surface area contributed by atoms with Crippen LogP contribution < -0.4 is 26.0 Å². The number of thioether (sulfide) groups is 1. The Morgan fingerprint density at radius 1 is 1.21 bits per heavy atom. The molecule has 3 aromatic heterocycles. The number of carboxylic acid groups (broad SMARTS) is 1. The number of para-hydroxylation sites is 1. The van der Waals surface area contributed by atoms with Gasteiger partial charge in [0.15, 0.2) is 23.6 Å². The van der Waals surface area contributed by atoms with E-state index in [0.29, 0.717) is 11.3 Å². The molecule has 1 saturated heterocycles. The minimum atomic E-state index is -1.45. The number of nitrogens with two attached hydrogens (primary N) is 1.